The highest BCUT2D eigenvalue weighted by Gasteiger charge is 2.19. The lowest BCUT2D eigenvalue weighted by molar-refractivity contribution is -0.167. The van der Waals surface area contributed by atoms with Gasteiger partial charge in [-0.05, 0) is 122 Å². The molecular formula is C77H132O6. The number of allylic oxidation sites excluding steroid dienone is 18. The van der Waals surface area contributed by atoms with Crippen LogP contribution in [0.4, 0.5) is 0 Å². The summed E-state index contributed by atoms with van der Waals surface area (Å²) in [4.78, 5) is 38.4. The van der Waals surface area contributed by atoms with E-state index in [-0.39, 0.29) is 31.1 Å². The lowest BCUT2D eigenvalue weighted by Gasteiger charge is -2.18. The molecule has 0 aromatic rings. The highest BCUT2D eigenvalue weighted by atomic mass is 16.6. The second kappa shape index (κ2) is 70.6. The molecule has 0 fully saturated rings. The molecule has 0 aliphatic carbocycles. The van der Waals surface area contributed by atoms with Crippen LogP contribution in [-0.4, -0.2) is 37.2 Å². The first-order chi connectivity index (χ1) is 41.0. The summed E-state index contributed by atoms with van der Waals surface area (Å²) in [6.07, 6.45) is 96.9. The fourth-order valence-corrected chi connectivity index (χ4v) is 9.93. The highest BCUT2D eigenvalue weighted by Crippen LogP contribution is 2.17. The van der Waals surface area contributed by atoms with Crippen molar-refractivity contribution < 1.29 is 28.6 Å². The second-order valence-electron chi connectivity index (χ2n) is 23.4. The molecule has 6 heteroatoms. The molecule has 0 rings (SSSR count). The van der Waals surface area contributed by atoms with Crippen LogP contribution in [0.25, 0.3) is 0 Å². The average Bonchev–Trinajstić information content (AvgIpc) is 3.48. The lowest BCUT2D eigenvalue weighted by atomic mass is 10.0. The van der Waals surface area contributed by atoms with E-state index in [2.05, 4.69) is 130 Å². The molecule has 6 nitrogen and oxygen atoms in total. The van der Waals surface area contributed by atoms with Crippen LogP contribution >= 0.6 is 0 Å². The summed E-state index contributed by atoms with van der Waals surface area (Å²) < 4.78 is 17.0. The molecule has 0 aliphatic heterocycles. The van der Waals surface area contributed by atoms with Crippen molar-refractivity contribution in [3.05, 3.63) is 109 Å². The molecule has 0 aromatic carbocycles. The molecule has 83 heavy (non-hydrogen) atoms. The predicted octanol–water partition coefficient (Wildman–Crippen LogP) is 24.6. The van der Waals surface area contributed by atoms with Crippen molar-refractivity contribution in [1.82, 2.24) is 0 Å². The average molecular weight is 1150 g/mol. The Kier molecular flexibility index (Phi) is 67.2. The van der Waals surface area contributed by atoms with E-state index in [9.17, 15) is 14.4 Å². The summed E-state index contributed by atoms with van der Waals surface area (Å²) in [7, 11) is 0. The summed E-state index contributed by atoms with van der Waals surface area (Å²) in [5, 5.41) is 0. The Morgan fingerprint density at radius 3 is 0.783 bits per heavy atom. The van der Waals surface area contributed by atoms with Gasteiger partial charge in [-0.3, -0.25) is 14.4 Å². The standard InChI is InChI=1S/C77H132O6/c1-4-7-10-13-16-19-22-24-26-28-30-32-34-36-37-38-39-41-42-44-46-48-50-52-55-58-61-64-67-70-76(79)82-73-74(72-81-75(78)69-66-63-60-57-54-21-18-15-12-9-6-3)83-77(80)71-68-65-62-59-56-53-51-49-47-45-43-40-35-33-31-29-27-25-23-20-17-14-11-8-5-2/h7,10,15-16,18-19,23-26,29-32,35-37,40,74H,4-6,8-9,11-14,17,20-22,27-28,33-34,38-39,41-73H2,1-3H3/b10-7-,18-15-,19-16-,25-23-,26-24-,31-29-,32-30-,37-36-,40-35-. The number of ether oxygens (including phenoxy) is 3. The molecule has 0 amide bonds. The van der Waals surface area contributed by atoms with E-state index in [0.29, 0.717) is 19.3 Å². The van der Waals surface area contributed by atoms with Gasteiger partial charge in [0.25, 0.3) is 0 Å². The monoisotopic (exact) mass is 1150 g/mol. The van der Waals surface area contributed by atoms with Crippen molar-refractivity contribution in [2.45, 2.75) is 348 Å². The van der Waals surface area contributed by atoms with Crippen LogP contribution in [-0.2, 0) is 28.6 Å². The van der Waals surface area contributed by atoms with Gasteiger partial charge in [-0.15, -0.1) is 0 Å². The number of carbonyl (C=O) groups excluding carboxylic acids is 3. The molecule has 0 heterocycles. The van der Waals surface area contributed by atoms with Crippen LogP contribution < -0.4 is 0 Å². The number of esters is 3. The molecule has 0 saturated heterocycles. The van der Waals surface area contributed by atoms with Crippen LogP contribution in [0.2, 0.25) is 0 Å². The summed E-state index contributed by atoms with van der Waals surface area (Å²) >= 11 is 0. The van der Waals surface area contributed by atoms with Gasteiger partial charge in [0.15, 0.2) is 6.10 Å². The van der Waals surface area contributed by atoms with E-state index in [4.69, 9.17) is 14.2 Å². The third-order valence-electron chi connectivity index (χ3n) is 15.2. The lowest BCUT2D eigenvalue weighted by Crippen LogP contribution is -2.30. The predicted molar refractivity (Wildman–Crippen MR) is 362 cm³/mol. The maximum atomic E-state index is 12.9. The first-order valence-corrected chi connectivity index (χ1v) is 35.4. The Morgan fingerprint density at radius 1 is 0.253 bits per heavy atom. The molecule has 0 aliphatic rings. The minimum atomic E-state index is -0.786. The van der Waals surface area contributed by atoms with Crippen LogP contribution in [0.15, 0.2) is 109 Å². The Hall–Kier alpha value is -3.93. The molecule has 0 radical (unpaired) electrons. The molecule has 0 spiro atoms. The van der Waals surface area contributed by atoms with Gasteiger partial charge in [0.1, 0.15) is 13.2 Å². The third-order valence-corrected chi connectivity index (χ3v) is 15.2. The van der Waals surface area contributed by atoms with Crippen LogP contribution in [0, 0.1) is 0 Å². The first-order valence-electron chi connectivity index (χ1n) is 35.4. The van der Waals surface area contributed by atoms with Gasteiger partial charge in [-0.1, -0.05) is 310 Å². The van der Waals surface area contributed by atoms with E-state index in [0.717, 1.165) is 109 Å². The van der Waals surface area contributed by atoms with E-state index in [1.807, 2.05) is 0 Å². The summed E-state index contributed by atoms with van der Waals surface area (Å²) in [5.74, 6) is -0.885. The topological polar surface area (TPSA) is 78.9 Å². The largest absolute Gasteiger partial charge is 0.462 e. The normalized spacial score (nSPS) is 12.8. The first kappa shape index (κ1) is 79.1. The van der Waals surface area contributed by atoms with Crippen molar-refractivity contribution in [2.24, 2.45) is 0 Å². The molecular weight excluding hydrogens is 1020 g/mol. The summed E-state index contributed by atoms with van der Waals surface area (Å²) in [6, 6.07) is 0. The quantitative estimate of drug-likeness (QED) is 0.0261. The highest BCUT2D eigenvalue weighted by molar-refractivity contribution is 5.71. The molecule has 0 bridgehead atoms. The SMILES string of the molecule is CC/C=C\C/C=C\C/C=C\C/C=C\C/C=C\CCCCCCCCCCCCCCCC(=O)OCC(COC(=O)CCCCCCC/C=C\CCCC)OC(=O)CCCCCCCCCCCC/C=C\C/C=C\C/C=C\CCCCCCC. The Bertz CT molecular complexity index is 1660. The maximum absolute atomic E-state index is 12.9. The van der Waals surface area contributed by atoms with Gasteiger partial charge in [0.2, 0.25) is 0 Å². The molecule has 0 aromatic heterocycles. The van der Waals surface area contributed by atoms with Gasteiger partial charge in [-0.2, -0.15) is 0 Å². The summed E-state index contributed by atoms with van der Waals surface area (Å²) in [6.45, 7) is 6.50. The van der Waals surface area contributed by atoms with E-state index < -0.39 is 6.10 Å². The fraction of sp³-hybridized carbons (Fsp3) is 0.727. The van der Waals surface area contributed by atoms with Crippen molar-refractivity contribution >= 4 is 17.9 Å². The number of unbranched alkanes of at least 4 members (excludes halogenated alkanes) is 35. The molecule has 0 N–H and O–H groups in total. The molecule has 476 valence electrons. The van der Waals surface area contributed by atoms with Crippen LogP contribution in [0.3, 0.4) is 0 Å². The minimum absolute atomic E-state index is 0.0816. The number of hydrogen-bond donors (Lipinski definition) is 0. The van der Waals surface area contributed by atoms with E-state index in [1.54, 1.807) is 0 Å². The fourth-order valence-electron chi connectivity index (χ4n) is 9.93. The number of hydrogen-bond acceptors (Lipinski definition) is 6. The minimum Gasteiger partial charge on any atom is -0.462 e. The van der Waals surface area contributed by atoms with E-state index in [1.165, 1.54) is 193 Å². The zero-order chi connectivity index (χ0) is 59.9. The molecule has 1 atom stereocenters. The van der Waals surface area contributed by atoms with Gasteiger partial charge < -0.3 is 14.2 Å². The Balaban J connectivity index is 4.23. The van der Waals surface area contributed by atoms with Crippen molar-refractivity contribution in [2.75, 3.05) is 13.2 Å². The second-order valence-corrected chi connectivity index (χ2v) is 23.4. The van der Waals surface area contributed by atoms with Gasteiger partial charge in [0, 0.05) is 19.3 Å². The zero-order valence-corrected chi connectivity index (χ0v) is 54.7. The van der Waals surface area contributed by atoms with Crippen LogP contribution in [0.1, 0.15) is 342 Å². The Morgan fingerprint density at radius 2 is 0.482 bits per heavy atom. The van der Waals surface area contributed by atoms with Gasteiger partial charge in [-0.25, -0.2) is 0 Å². The van der Waals surface area contributed by atoms with Crippen molar-refractivity contribution in [3.8, 4) is 0 Å². The van der Waals surface area contributed by atoms with E-state index >= 15 is 0 Å². The smallest absolute Gasteiger partial charge is 0.306 e. The molecule has 1 unspecified atom stereocenters. The maximum Gasteiger partial charge on any atom is 0.306 e. The summed E-state index contributed by atoms with van der Waals surface area (Å²) in [5.41, 5.74) is 0. The van der Waals surface area contributed by atoms with Crippen molar-refractivity contribution in [1.29, 1.82) is 0 Å². The van der Waals surface area contributed by atoms with Crippen LogP contribution in [0.5, 0.6) is 0 Å². The molecule has 0 saturated carbocycles. The zero-order valence-electron chi connectivity index (χ0n) is 54.7. The van der Waals surface area contributed by atoms with Crippen molar-refractivity contribution in [3.63, 3.8) is 0 Å². The number of carbonyl (C=O) groups is 3. The van der Waals surface area contributed by atoms with Gasteiger partial charge in [0.05, 0.1) is 0 Å². The van der Waals surface area contributed by atoms with Gasteiger partial charge >= 0.3 is 17.9 Å². The Labute approximate surface area is 514 Å². The number of rotatable bonds is 64. The third kappa shape index (κ3) is 68.7.